The zero-order chi connectivity index (χ0) is 24.4. The van der Waals surface area contributed by atoms with E-state index in [2.05, 4.69) is 35.7 Å². The molecule has 178 valence electrons. The van der Waals surface area contributed by atoms with E-state index in [1.807, 2.05) is 13.0 Å². The normalized spacial score (nSPS) is 16.0. The topological polar surface area (TPSA) is 94.9 Å². The molecule has 11 heteroatoms. The summed E-state index contributed by atoms with van der Waals surface area (Å²) >= 11 is 1.36. The number of carbonyl (C=O) groups excluding carboxylic acids is 1. The van der Waals surface area contributed by atoms with Gasteiger partial charge in [0.2, 0.25) is 0 Å². The van der Waals surface area contributed by atoms with E-state index < -0.39 is 23.1 Å². The highest BCUT2D eigenvalue weighted by Crippen LogP contribution is 2.31. The first-order valence-electron chi connectivity index (χ1n) is 11.0. The molecule has 2 N–H and O–H groups in total. The van der Waals surface area contributed by atoms with Gasteiger partial charge in [0.05, 0.1) is 0 Å². The highest BCUT2D eigenvalue weighted by Gasteiger charge is 2.20. The Hall–Kier alpha value is -3.86. The Kier molecular flexibility index (Phi) is 6.41. The zero-order valence-electron chi connectivity index (χ0n) is 18.8. The van der Waals surface area contributed by atoms with E-state index in [1.165, 1.54) is 17.8 Å². The number of carbonyl (C=O) groups is 1. The Labute approximate surface area is 204 Å². The third-order valence-corrected chi connectivity index (χ3v) is 6.29. The summed E-state index contributed by atoms with van der Waals surface area (Å²) in [5, 5.41) is 7.21. The number of benzene rings is 2. The number of hydrogen-bond donors (Lipinski definition) is 2. The summed E-state index contributed by atoms with van der Waals surface area (Å²) < 4.78 is 27.7. The number of aliphatic imine (C=N–C) groups is 1. The van der Waals surface area contributed by atoms with Crippen LogP contribution < -0.4 is 15.6 Å². The summed E-state index contributed by atoms with van der Waals surface area (Å²) in [6.07, 6.45) is 1.77. The van der Waals surface area contributed by atoms with E-state index >= 15 is 0 Å². The predicted octanol–water partition coefficient (Wildman–Crippen LogP) is 4.77. The van der Waals surface area contributed by atoms with Crippen LogP contribution in [0.2, 0.25) is 0 Å². The van der Waals surface area contributed by atoms with Gasteiger partial charge in [-0.1, -0.05) is 6.07 Å². The van der Waals surface area contributed by atoms with E-state index in [9.17, 15) is 13.6 Å². The lowest BCUT2D eigenvalue weighted by Gasteiger charge is -2.32. The van der Waals surface area contributed by atoms with Crippen molar-refractivity contribution in [2.45, 2.75) is 29.8 Å². The van der Waals surface area contributed by atoms with Gasteiger partial charge in [-0.2, -0.15) is 5.10 Å². The van der Waals surface area contributed by atoms with Crippen LogP contribution in [0.1, 0.15) is 30.1 Å². The summed E-state index contributed by atoms with van der Waals surface area (Å²) in [5.41, 5.74) is 3.67. The lowest BCUT2D eigenvalue weighted by molar-refractivity contribution is 0.101. The molecule has 35 heavy (non-hydrogen) atoms. The second-order valence-electron chi connectivity index (χ2n) is 8.08. The van der Waals surface area contributed by atoms with Gasteiger partial charge < -0.3 is 10.2 Å². The van der Waals surface area contributed by atoms with Crippen molar-refractivity contribution in [2.24, 2.45) is 10.1 Å². The molecule has 1 fully saturated rings. The lowest BCUT2D eigenvalue weighted by atomic mass is 10.2. The van der Waals surface area contributed by atoms with Crippen LogP contribution in [0, 0.1) is 11.6 Å². The molecule has 0 saturated carbocycles. The minimum atomic E-state index is -0.914. The summed E-state index contributed by atoms with van der Waals surface area (Å²) in [6.45, 7) is 3.81. The molecule has 0 radical (unpaired) electrons. The molecule has 5 rings (SSSR count). The molecule has 0 atom stereocenters. The maximum Gasteiger partial charge on any atom is 0.261 e. The van der Waals surface area contributed by atoms with Gasteiger partial charge in [0.15, 0.2) is 11.0 Å². The number of hydrazone groups is 1. The van der Waals surface area contributed by atoms with Crippen molar-refractivity contribution < 1.29 is 13.6 Å². The van der Waals surface area contributed by atoms with Crippen LogP contribution in [-0.4, -0.2) is 40.5 Å². The summed E-state index contributed by atoms with van der Waals surface area (Å²) in [5.74, 6) is -0.578. The molecule has 0 spiro atoms. The first kappa shape index (κ1) is 22.9. The van der Waals surface area contributed by atoms with Crippen LogP contribution in [0.4, 0.5) is 26.1 Å². The molecule has 1 saturated heterocycles. The first-order chi connectivity index (χ1) is 16.9. The number of amides is 1. The van der Waals surface area contributed by atoms with Crippen LogP contribution in [0.25, 0.3) is 0 Å². The van der Waals surface area contributed by atoms with E-state index in [1.54, 1.807) is 24.3 Å². The first-order valence-corrected chi connectivity index (χ1v) is 11.8. The van der Waals surface area contributed by atoms with Gasteiger partial charge in [-0.25, -0.2) is 23.7 Å². The number of anilines is 2. The van der Waals surface area contributed by atoms with Gasteiger partial charge in [0.25, 0.3) is 5.91 Å². The standard InChI is InChI=1S/C24H21F2N7OS/c1-14-12-20(32-31-14)28-19-13-21(33-10-3-11-33)30-24(29-19)35-16-8-6-15(7-9-16)27-23(34)22-17(25)4-2-5-18(22)26/h2,4-9,13H,3,10-12H2,1H3,(H,27,34)(H,28,29,30,32). The van der Waals surface area contributed by atoms with E-state index in [0.717, 1.165) is 53.9 Å². The minimum absolute atomic E-state index is 0.409. The summed E-state index contributed by atoms with van der Waals surface area (Å²) in [4.78, 5) is 29.2. The van der Waals surface area contributed by atoms with Crippen LogP contribution in [-0.2, 0) is 0 Å². The fraction of sp³-hybridized carbons (Fsp3) is 0.208. The van der Waals surface area contributed by atoms with E-state index in [-0.39, 0.29) is 0 Å². The highest BCUT2D eigenvalue weighted by molar-refractivity contribution is 7.99. The van der Waals surface area contributed by atoms with Crippen molar-refractivity contribution in [2.75, 3.05) is 23.3 Å². The molecule has 0 bridgehead atoms. The molecule has 3 heterocycles. The fourth-order valence-corrected chi connectivity index (χ4v) is 4.28. The summed E-state index contributed by atoms with van der Waals surface area (Å²) in [7, 11) is 0. The largest absolute Gasteiger partial charge is 0.356 e. The minimum Gasteiger partial charge on any atom is -0.356 e. The van der Waals surface area contributed by atoms with Crippen LogP contribution in [0.3, 0.4) is 0 Å². The quantitative estimate of drug-likeness (QED) is 0.481. The fourth-order valence-electron chi connectivity index (χ4n) is 3.52. The smallest absolute Gasteiger partial charge is 0.261 e. The average Bonchev–Trinajstić information content (AvgIpc) is 3.18. The second-order valence-corrected chi connectivity index (χ2v) is 9.12. The number of nitrogens with zero attached hydrogens (tertiary/aromatic N) is 5. The molecule has 2 aliphatic rings. The maximum atomic E-state index is 13.9. The zero-order valence-corrected chi connectivity index (χ0v) is 19.6. The maximum absolute atomic E-state index is 13.9. The number of hydrogen-bond acceptors (Lipinski definition) is 7. The Bertz CT molecular complexity index is 1320. The van der Waals surface area contributed by atoms with E-state index in [0.29, 0.717) is 23.1 Å². The molecule has 8 nitrogen and oxygen atoms in total. The van der Waals surface area contributed by atoms with Crippen molar-refractivity contribution in [1.82, 2.24) is 15.4 Å². The molecular formula is C24H21F2N7OS. The second kappa shape index (κ2) is 9.79. The molecule has 2 aliphatic heterocycles. The number of halogens is 2. The van der Waals surface area contributed by atoms with Crippen molar-refractivity contribution in [3.05, 3.63) is 65.7 Å². The van der Waals surface area contributed by atoms with Gasteiger partial charge in [-0.05, 0) is 61.5 Å². The predicted molar refractivity (Wildman–Crippen MR) is 132 cm³/mol. The van der Waals surface area contributed by atoms with Crippen molar-refractivity contribution in [3.63, 3.8) is 0 Å². The van der Waals surface area contributed by atoms with Gasteiger partial charge in [0.1, 0.15) is 28.9 Å². The average molecular weight is 494 g/mol. The molecule has 0 unspecified atom stereocenters. The van der Waals surface area contributed by atoms with Crippen molar-refractivity contribution in [3.8, 4) is 0 Å². The number of aromatic nitrogens is 2. The van der Waals surface area contributed by atoms with Gasteiger partial charge in [-0.3, -0.25) is 10.2 Å². The Morgan fingerprint density at radius 3 is 2.49 bits per heavy atom. The Morgan fingerprint density at radius 2 is 1.86 bits per heavy atom. The third-order valence-electron chi connectivity index (χ3n) is 5.42. The molecule has 1 amide bonds. The SMILES string of the molecule is CC1=NNC(=Nc2cc(N3CCC3)nc(Sc3ccc(NC(=O)c4c(F)cccc4F)cc3)n2)C1. The molecule has 2 aromatic carbocycles. The molecule has 3 aromatic rings. The number of amidine groups is 1. The van der Waals surface area contributed by atoms with Gasteiger partial charge >= 0.3 is 0 Å². The van der Waals surface area contributed by atoms with Crippen LogP contribution in [0.5, 0.6) is 0 Å². The monoisotopic (exact) mass is 493 g/mol. The number of nitrogens with one attached hydrogen (secondary N) is 2. The lowest BCUT2D eigenvalue weighted by Crippen LogP contribution is -2.37. The van der Waals surface area contributed by atoms with Crippen molar-refractivity contribution >= 4 is 46.5 Å². The van der Waals surface area contributed by atoms with E-state index in [4.69, 9.17) is 0 Å². The summed E-state index contributed by atoms with van der Waals surface area (Å²) in [6, 6.07) is 12.0. The number of rotatable bonds is 6. The van der Waals surface area contributed by atoms with Gasteiger partial charge in [-0.15, -0.1) is 0 Å². The Balaban J connectivity index is 1.32. The third kappa shape index (κ3) is 5.29. The molecule has 0 aliphatic carbocycles. The van der Waals surface area contributed by atoms with Gasteiger partial charge in [0, 0.05) is 41.9 Å². The van der Waals surface area contributed by atoms with Crippen LogP contribution in [0.15, 0.2) is 68.7 Å². The Morgan fingerprint density at radius 1 is 1.11 bits per heavy atom. The highest BCUT2D eigenvalue weighted by atomic mass is 32.2. The van der Waals surface area contributed by atoms with Crippen molar-refractivity contribution in [1.29, 1.82) is 0 Å². The van der Waals surface area contributed by atoms with Crippen LogP contribution >= 0.6 is 11.8 Å². The molecular weight excluding hydrogens is 472 g/mol. The molecule has 1 aromatic heterocycles.